The van der Waals surface area contributed by atoms with Gasteiger partial charge in [0.05, 0.1) is 12.2 Å². The lowest BCUT2D eigenvalue weighted by molar-refractivity contribution is 0.510. The van der Waals surface area contributed by atoms with Gasteiger partial charge in [0.15, 0.2) is 0 Å². The first-order valence-electron chi connectivity index (χ1n) is 6.38. The summed E-state index contributed by atoms with van der Waals surface area (Å²) in [5, 5.41) is 20.3. The molecule has 2 aromatic heterocycles. The Kier molecular flexibility index (Phi) is 5.34. The first kappa shape index (κ1) is 14.0. The van der Waals surface area contributed by atoms with Crippen LogP contribution in [0.5, 0.6) is 0 Å². The van der Waals surface area contributed by atoms with Crippen LogP contribution in [0.15, 0.2) is 17.4 Å². The van der Waals surface area contributed by atoms with E-state index in [2.05, 4.69) is 32.9 Å². The molecule has 0 aliphatic carbocycles. The summed E-state index contributed by atoms with van der Waals surface area (Å²) in [7, 11) is 1.91. The summed E-state index contributed by atoms with van der Waals surface area (Å²) >= 11 is 1.61. The Morgan fingerprint density at radius 3 is 3.00 bits per heavy atom. The molecule has 0 saturated carbocycles. The van der Waals surface area contributed by atoms with Crippen molar-refractivity contribution in [3.63, 3.8) is 0 Å². The van der Waals surface area contributed by atoms with E-state index in [0.29, 0.717) is 0 Å². The molecule has 2 rings (SSSR count). The Hall–Kier alpha value is -1.41. The third-order valence-electron chi connectivity index (χ3n) is 2.54. The minimum atomic E-state index is 0.781. The molecule has 0 bridgehead atoms. The summed E-state index contributed by atoms with van der Waals surface area (Å²) in [5.41, 5.74) is 1.03. The fourth-order valence-electron chi connectivity index (χ4n) is 1.61. The van der Waals surface area contributed by atoms with E-state index >= 15 is 0 Å². The summed E-state index contributed by atoms with van der Waals surface area (Å²) in [6.45, 7) is 4.85. The quantitative estimate of drug-likeness (QED) is 0.567. The highest BCUT2D eigenvalue weighted by Gasteiger charge is 2.07. The Bertz CT molecular complexity index is 493. The summed E-state index contributed by atoms with van der Waals surface area (Å²) in [4.78, 5) is 0. The highest BCUT2D eigenvalue weighted by molar-refractivity contribution is 7.98. The van der Waals surface area contributed by atoms with Crippen LogP contribution in [0.25, 0.3) is 0 Å². The molecule has 8 heteroatoms. The van der Waals surface area contributed by atoms with Crippen molar-refractivity contribution in [3.8, 4) is 0 Å². The lowest BCUT2D eigenvalue weighted by Crippen LogP contribution is -2.21. The standard InChI is InChI=1S/C11H19N7S/c1-3-5-12-6-8-18-11(13-15-16-18)19-9-10-4-7-17(2)14-10/h4,7,12H,3,5-6,8-9H2,1-2H3. The second-order valence-corrected chi connectivity index (χ2v) is 5.15. The van der Waals surface area contributed by atoms with Crippen molar-refractivity contribution in [2.75, 3.05) is 13.1 Å². The zero-order chi connectivity index (χ0) is 13.5. The number of tetrazole rings is 1. The highest BCUT2D eigenvalue weighted by Crippen LogP contribution is 2.18. The Morgan fingerprint density at radius 2 is 2.26 bits per heavy atom. The molecule has 0 spiro atoms. The molecule has 19 heavy (non-hydrogen) atoms. The second kappa shape index (κ2) is 7.25. The second-order valence-electron chi connectivity index (χ2n) is 4.20. The van der Waals surface area contributed by atoms with Crippen molar-refractivity contribution in [1.29, 1.82) is 0 Å². The third-order valence-corrected chi connectivity index (χ3v) is 3.53. The van der Waals surface area contributed by atoms with E-state index in [1.807, 2.05) is 24.0 Å². The van der Waals surface area contributed by atoms with Crippen molar-refractivity contribution in [2.24, 2.45) is 7.05 Å². The molecule has 0 fully saturated rings. The number of hydrogen-bond acceptors (Lipinski definition) is 6. The first-order valence-corrected chi connectivity index (χ1v) is 7.36. The topological polar surface area (TPSA) is 73.5 Å². The van der Waals surface area contributed by atoms with Crippen molar-refractivity contribution in [3.05, 3.63) is 18.0 Å². The van der Waals surface area contributed by atoms with Gasteiger partial charge in [0.25, 0.3) is 0 Å². The average Bonchev–Trinajstić information content (AvgIpc) is 3.01. The van der Waals surface area contributed by atoms with Crippen LogP contribution in [0, 0.1) is 0 Å². The lowest BCUT2D eigenvalue weighted by atomic mass is 10.5. The van der Waals surface area contributed by atoms with E-state index in [0.717, 1.165) is 42.7 Å². The number of hydrogen-bond donors (Lipinski definition) is 1. The van der Waals surface area contributed by atoms with Gasteiger partial charge >= 0.3 is 0 Å². The highest BCUT2D eigenvalue weighted by atomic mass is 32.2. The molecule has 1 N–H and O–H groups in total. The maximum absolute atomic E-state index is 4.33. The minimum Gasteiger partial charge on any atom is -0.315 e. The predicted molar refractivity (Wildman–Crippen MR) is 73.7 cm³/mol. The molecule has 0 aromatic carbocycles. The molecule has 7 nitrogen and oxygen atoms in total. The van der Waals surface area contributed by atoms with E-state index in [-0.39, 0.29) is 0 Å². The molecule has 104 valence electrons. The zero-order valence-electron chi connectivity index (χ0n) is 11.3. The summed E-state index contributed by atoms with van der Waals surface area (Å²) < 4.78 is 3.63. The third kappa shape index (κ3) is 4.32. The van der Waals surface area contributed by atoms with Crippen LogP contribution in [0.1, 0.15) is 19.0 Å². The average molecular weight is 281 g/mol. The number of nitrogens with zero attached hydrogens (tertiary/aromatic N) is 6. The molecule has 0 radical (unpaired) electrons. The van der Waals surface area contributed by atoms with E-state index in [1.54, 1.807) is 16.4 Å². The van der Waals surface area contributed by atoms with Gasteiger partial charge in [0.2, 0.25) is 5.16 Å². The van der Waals surface area contributed by atoms with Crippen LogP contribution >= 0.6 is 11.8 Å². The Labute approximate surface area is 116 Å². The fourth-order valence-corrected chi connectivity index (χ4v) is 2.41. The molecule has 0 aliphatic heterocycles. The van der Waals surface area contributed by atoms with Gasteiger partial charge in [0.1, 0.15) is 0 Å². The number of aryl methyl sites for hydroxylation is 1. The van der Waals surface area contributed by atoms with Gasteiger partial charge in [-0.15, -0.1) is 5.10 Å². The van der Waals surface area contributed by atoms with Gasteiger partial charge in [-0.2, -0.15) is 5.10 Å². The summed E-state index contributed by atoms with van der Waals surface area (Å²) in [6, 6.07) is 2.00. The van der Waals surface area contributed by atoms with E-state index in [9.17, 15) is 0 Å². The van der Waals surface area contributed by atoms with Crippen LogP contribution in [0.4, 0.5) is 0 Å². The van der Waals surface area contributed by atoms with E-state index in [1.165, 1.54) is 0 Å². The fraction of sp³-hybridized carbons (Fsp3) is 0.636. The number of nitrogens with one attached hydrogen (secondary N) is 1. The normalized spacial score (nSPS) is 11.1. The van der Waals surface area contributed by atoms with Crippen LogP contribution in [-0.2, 0) is 19.3 Å². The number of aromatic nitrogens is 6. The Morgan fingerprint density at radius 1 is 1.37 bits per heavy atom. The van der Waals surface area contributed by atoms with Crippen molar-refractivity contribution in [1.82, 2.24) is 35.3 Å². The van der Waals surface area contributed by atoms with Gasteiger partial charge < -0.3 is 5.32 Å². The smallest absolute Gasteiger partial charge is 0.209 e. The maximum atomic E-state index is 4.33. The molecule has 0 unspecified atom stereocenters. The van der Waals surface area contributed by atoms with Gasteiger partial charge in [-0.3, -0.25) is 4.68 Å². The monoisotopic (exact) mass is 281 g/mol. The van der Waals surface area contributed by atoms with E-state index in [4.69, 9.17) is 0 Å². The number of thioether (sulfide) groups is 1. The largest absolute Gasteiger partial charge is 0.315 e. The molecule has 0 saturated heterocycles. The number of rotatable bonds is 8. The zero-order valence-corrected chi connectivity index (χ0v) is 12.1. The molecule has 2 heterocycles. The molecule has 0 aliphatic rings. The van der Waals surface area contributed by atoms with Crippen molar-refractivity contribution in [2.45, 2.75) is 30.8 Å². The molecular weight excluding hydrogens is 262 g/mol. The van der Waals surface area contributed by atoms with Crippen LogP contribution in [0.2, 0.25) is 0 Å². The minimum absolute atomic E-state index is 0.781. The van der Waals surface area contributed by atoms with Gasteiger partial charge in [-0.1, -0.05) is 18.7 Å². The van der Waals surface area contributed by atoms with Crippen molar-refractivity contribution >= 4 is 11.8 Å². The summed E-state index contributed by atoms with van der Waals surface area (Å²) in [5.74, 6) is 0.781. The summed E-state index contributed by atoms with van der Waals surface area (Å²) in [6.07, 6.45) is 3.07. The van der Waals surface area contributed by atoms with Gasteiger partial charge in [0, 0.05) is 25.5 Å². The van der Waals surface area contributed by atoms with Gasteiger partial charge in [-0.25, -0.2) is 4.68 Å². The van der Waals surface area contributed by atoms with Crippen LogP contribution in [-0.4, -0.2) is 43.1 Å². The molecular formula is C11H19N7S. The Balaban J connectivity index is 1.81. The van der Waals surface area contributed by atoms with Crippen LogP contribution in [0.3, 0.4) is 0 Å². The molecule has 2 aromatic rings. The molecule has 0 atom stereocenters. The maximum Gasteiger partial charge on any atom is 0.209 e. The predicted octanol–water partition coefficient (Wildman–Crippen LogP) is 0.698. The SMILES string of the molecule is CCCNCCn1nnnc1SCc1ccn(C)n1. The lowest BCUT2D eigenvalue weighted by Gasteiger charge is -2.04. The van der Waals surface area contributed by atoms with Crippen molar-refractivity contribution < 1.29 is 0 Å². The van der Waals surface area contributed by atoms with Crippen LogP contribution < -0.4 is 5.32 Å². The molecule has 0 amide bonds. The van der Waals surface area contributed by atoms with Gasteiger partial charge in [-0.05, 0) is 29.5 Å². The first-order chi connectivity index (χ1) is 9.29. The van der Waals surface area contributed by atoms with E-state index < -0.39 is 0 Å².